The average Bonchev–Trinajstić information content (AvgIpc) is 2.86. The van der Waals surface area contributed by atoms with Gasteiger partial charge in [0.15, 0.2) is 0 Å². The molecule has 0 amide bonds. The van der Waals surface area contributed by atoms with Gasteiger partial charge in [0.1, 0.15) is 5.76 Å². The number of hydrogen-bond donors (Lipinski definition) is 1. The number of aromatic nitrogens is 1. The Hall–Kier alpha value is -1.37. The molecule has 1 unspecified atom stereocenters. The van der Waals surface area contributed by atoms with Crippen molar-refractivity contribution in [3.63, 3.8) is 0 Å². The molecule has 2 aromatic rings. The van der Waals surface area contributed by atoms with E-state index in [0.717, 1.165) is 5.56 Å². The number of halogens is 1. The van der Waals surface area contributed by atoms with Crippen LogP contribution in [0.25, 0.3) is 0 Å². The van der Waals surface area contributed by atoms with Crippen molar-refractivity contribution in [2.75, 3.05) is 5.88 Å². The van der Waals surface area contributed by atoms with Gasteiger partial charge in [0.05, 0.1) is 17.1 Å². The summed E-state index contributed by atoms with van der Waals surface area (Å²) < 4.78 is 32.4. The fourth-order valence-corrected chi connectivity index (χ4v) is 3.28. The molecular formula is C14H17ClN2O3S. The molecule has 1 aromatic carbocycles. The van der Waals surface area contributed by atoms with Crippen molar-refractivity contribution in [2.24, 2.45) is 0 Å². The highest BCUT2D eigenvalue weighted by molar-refractivity contribution is 7.89. The number of oxazole rings is 1. The van der Waals surface area contributed by atoms with Crippen molar-refractivity contribution < 1.29 is 12.8 Å². The molecule has 0 bridgehead atoms. The average molecular weight is 329 g/mol. The summed E-state index contributed by atoms with van der Waals surface area (Å²) in [6, 6.07) is 6.12. The van der Waals surface area contributed by atoms with Gasteiger partial charge in [0.25, 0.3) is 0 Å². The summed E-state index contributed by atoms with van der Waals surface area (Å²) >= 11 is 5.66. The lowest BCUT2D eigenvalue weighted by Gasteiger charge is -2.11. The summed E-state index contributed by atoms with van der Waals surface area (Å²) in [5, 5.41) is 0. The van der Waals surface area contributed by atoms with E-state index in [0.29, 0.717) is 24.0 Å². The summed E-state index contributed by atoms with van der Waals surface area (Å²) in [6.07, 6.45) is 2.27. The second-order valence-electron chi connectivity index (χ2n) is 4.74. The minimum absolute atomic E-state index is 0.205. The van der Waals surface area contributed by atoms with Crippen molar-refractivity contribution in [1.82, 2.24) is 9.71 Å². The van der Waals surface area contributed by atoms with Crippen molar-refractivity contribution in [3.8, 4) is 0 Å². The summed E-state index contributed by atoms with van der Waals surface area (Å²) in [6.45, 7) is 3.44. The molecule has 0 radical (unpaired) electrons. The van der Waals surface area contributed by atoms with Crippen LogP contribution in [-0.2, 0) is 16.4 Å². The third-order valence-corrected chi connectivity index (χ3v) is 4.70. The van der Waals surface area contributed by atoms with E-state index in [1.165, 1.54) is 0 Å². The van der Waals surface area contributed by atoms with E-state index < -0.39 is 16.1 Å². The normalized spacial score (nSPS) is 13.3. The van der Waals surface area contributed by atoms with Crippen LogP contribution in [0, 0.1) is 6.92 Å². The number of rotatable bonds is 6. The van der Waals surface area contributed by atoms with Gasteiger partial charge in [-0.1, -0.05) is 12.1 Å². The SMILES string of the molecule is Cc1cnc(C(C)NS(=O)(=O)c2ccc(CCCl)cc2)o1. The lowest BCUT2D eigenvalue weighted by atomic mass is 10.2. The first-order valence-electron chi connectivity index (χ1n) is 6.52. The zero-order valence-electron chi connectivity index (χ0n) is 11.8. The summed E-state index contributed by atoms with van der Waals surface area (Å²) in [7, 11) is -3.61. The van der Waals surface area contributed by atoms with Crippen LogP contribution in [0.4, 0.5) is 0 Å². The highest BCUT2D eigenvalue weighted by atomic mass is 35.5. The smallest absolute Gasteiger partial charge is 0.241 e. The van der Waals surface area contributed by atoms with Gasteiger partial charge in [-0.2, -0.15) is 4.72 Å². The van der Waals surface area contributed by atoms with E-state index in [2.05, 4.69) is 9.71 Å². The largest absolute Gasteiger partial charge is 0.444 e. The molecule has 0 saturated carbocycles. The monoisotopic (exact) mass is 328 g/mol. The lowest BCUT2D eigenvalue weighted by Crippen LogP contribution is -2.27. The van der Waals surface area contributed by atoms with Gasteiger partial charge in [-0.25, -0.2) is 13.4 Å². The highest BCUT2D eigenvalue weighted by Gasteiger charge is 2.21. The fraction of sp³-hybridized carbons (Fsp3) is 0.357. The Morgan fingerprint density at radius 1 is 1.33 bits per heavy atom. The number of hydrogen-bond acceptors (Lipinski definition) is 4. The Morgan fingerprint density at radius 3 is 2.52 bits per heavy atom. The molecule has 21 heavy (non-hydrogen) atoms. The van der Waals surface area contributed by atoms with E-state index in [9.17, 15) is 8.42 Å². The zero-order valence-corrected chi connectivity index (χ0v) is 13.4. The summed E-state index contributed by atoms with van der Waals surface area (Å²) in [5.41, 5.74) is 1.00. The predicted octanol–water partition coefficient (Wildman–Crippen LogP) is 2.80. The van der Waals surface area contributed by atoms with Crippen LogP contribution in [-0.4, -0.2) is 19.3 Å². The van der Waals surface area contributed by atoms with E-state index >= 15 is 0 Å². The first-order chi connectivity index (χ1) is 9.92. The number of aryl methyl sites for hydroxylation is 2. The fourth-order valence-electron chi connectivity index (χ4n) is 1.87. The Bertz CT molecular complexity index is 695. The van der Waals surface area contributed by atoms with E-state index in [1.54, 1.807) is 44.3 Å². The molecule has 7 heteroatoms. The van der Waals surface area contributed by atoms with Gasteiger partial charge in [0, 0.05) is 5.88 Å². The van der Waals surface area contributed by atoms with Crippen LogP contribution in [0.3, 0.4) is 0 Å². The molecule has 0 aliphatic carbocycles. The maximum absolute atomic E-state index is 12.3. The molecule has 1 heterocycles. The van der Waals surface area contributed by atoms with Gasteiger partial charge < -0.3 is 4.42 Å². The van der Waals surface area contributed by atoms with Crippen molar-refractivity contribution in [3.05, 3.63) is 47.7 Å². The van der Waals surface area contributed by atoms with Gasteiger partial charge in [0.2, 0.25) is 15.9 Å². The van der Waals surface area contributed by atoms with Crippen LogP contribution in [0.1, 0.15) is 30.2 Å². The van der Waals surface area contributed by atoms with Gasteiger partial charge in [-0.05, 0) is 38.0 Å². The minimum Gasteiger partial charge on any atom is -0.444 e. The molecule has 0 aliphatic rings. The topological polar surface area (TPSA) is 72.2 Å². The first-order valence-corrected chi connectivity index (χ1v) is 8.53. The predicted molar refractivity (Wildman–Crippen MR) is 80.8 cm³/mol. The molecule has 1 N–H and O–H groups in total. The summed E-state index contributed by atoms with van der Waals surface area (Å²) in [5.74, 6) is 1.49. The molecule has 0 aliphatic heterocycles. The maximum atomic E-state index is 12.3. The third-order valence-electron chi connectivity index (χ3n) is 2.96. The molecular weight excluding hydrogens is 312 g/mol. The van der Waals surface area contributed by atoms with Gasteiger partial charge in [-0.3, -0.25) is 0 Å². The Balaban J connectivity index is 2.14. The maximum Gasteiger partial charge on any atom is 0.241 e. The van der Waals surface area contributed by atoms with Gasteiger partial charge in [-0.15, -0.1) is 11.6 Å². The van der Waals surface area contributed by atoms with E-state index in [1.807, 2.05) is 0 Å². The molecule has 0 saturated heterocycles. The Labute approximate surface area is 129 Å². The van der Waals surface area contributed by atoms with E-state index in [4.69, 9.17) is 16.0 Å². The summed E-state index contributed by atoms with van der Waals surface area (Å²) in [4.78, 5) is 4.23. The van der Waals surface area contributed by atoms with Crippen molar-refractivity contribution >= 4 is 21.6 Å². The minimum atomic E-state index is -3.61. The molecule has 2 rings (SSSR count). The number of nitrogens with one attached hydrogen (secondary N) is 1. The van der Waals surface area contributed by atoms with Crippen LogP contribution in [0.15, 0.2) is 39.8 Å². The quantitative estimate of drug-likeness (QED) is 0.828. The van der Waals surface area contributed by atoms with Crippen molar-refractivity contribution in [1.29, 1.82) is 0 Å². The first kappa shape index (κ1) is 16.0. The van der Waals surface area contributed by atoms with Gasteiger partial charge >= 0.3 is 0 Å². The lowest BCUT2D eigenvalue weighted by molar-refractivity contribution is 0.428. The number of nitrogens with zero attached hydrogens (tertiary/aromatic N) is 1. The highest BCUT2D eigenvalue weighted by Crippen LogP contribution is 2.17. The zero-order chi connectivity index (χ0) is 15.5. The number of benzene rings is 1. The van der Waals surface area contributed by atoms with Crippen LogP contribution < -0.4 is 4.72 Å². The molecule has 5 nitrogen and oxygen atoms in total. The number of sulfonamides is 1. The molecule has 0 fully saturated rings. The molecule has 1 atom stereocenters. The van der Waals surface area contributed by atoms with Crippen molar-refractivity contribution in [2.45, 2.75) is 31.2 Å². The molecule has 0 spiro atoms. The Morgan fingerprint density at radius 2 is 2.00 bits per heavy atom. The Kier molecular flexibility index (Phi) is 5.03. The van der Waals surface area contributed by atoms with Crippen LogP contribution in [0.5, 0.6) is 0 Å². The second-order valence-corrected chi connectivity index (χ2v) is 6.83. The second kappa shape index (κ2) is 6.60. The molecule has 1 aromatic heterocycles. The van der Waals surface area contributed by atoms with E-state index in [-0.39, 0.29) is 4.90 Å². The molecule has 114 valence electrons. The number of alkyl halides is 1. The van der Waals surface area contributed by atoms with Crippen LogP contribution >= 0.6 is 11.6 Å². The van der Waals surface area contributed by atoms with Crippen LogP contribution in [0.2, 0.25) is 0 Å². The third kappa shape index (κ3) is 4.06. The standard InChI is InChI=1S/C14H17ClN2O3S/c1-10-9-16-14(20-10)11(2)17-21(18,19)13-5-3-12(4-6-13)7-8-15/h3-6,9,11,17H,7-8H2,1-2H3.